The first kappa shape index (κ1) is 19.0. The van der Waals surface area contributed by atoms with E-state index in [1.54, 1.807) is 11.6 Å². The fourth-order valence-corrected chi connectivity index (χ4v) is 3.02. The second kappa shape index (κ2) is 9.84. The van der Waals surface area contributed by atoms with Gasteiger partial charge in [0.05, 0.1) is 0 Å². The lowest BCUT2D eigenvalue weighted by molar-refractivity contribution is -0.124. The lowest BCUT2D eigenvalue weighted by atomic mass is 10.0. The van der Waals surface area contributed by atoms with Crippen LogP contribution in [0.4, 0.5) is 5.69 Å². The molecular weight excluding hydrogens is 318 g/mol. The SMILES string of the molecule is CCCCC(=O)NC1CCN(c2ccccc2C=CC(=O)NO)CC1. The Morgan fingerprint density at radius 2 is 2.00 bits per heavy atom. The molecule has 1 aromatic carbocycles. The van der Waals surface area contributed by atoms with E-state index in [0.717, 1.165) is 50.0 Å². The molecule has 1 aliphatic heterocycles. The van der Waals surface area contributed by atoms with Gasteiger partial charge in [-0.25, -0.2) is 5.48 Å². The summed E-state index contributed by atoms with van der Waals surface area (Å²) in [5.74, 6) is -0.401. The van der Waals surface area contributed by atoms with Crippen LogP contribution in [0.5, 0.6) is 0 Å². The zero-order chi connectivity index (χ0) is 18.1. The molecule has 136 valence electrons. The molecule has 0 saturated carbocycles. The number of rotatable bonds is 7. The molecule has 25 heavy (non-hydrogen) atoms. The lowest BCUT2D eigenvalue weighted by Gasteiger charge is -2.34. The molecule has 0 aromatic heterocycles. The van der Waals surface area contributed by atoms with Gasteiger partial charge >= 0.3 is 0 Å². The number of hydroxylamine groups is 1. The average molecular weight is 345 g/mol. The van der Waals surface area contributed by atoms with Crippen molar-refractivity contribution in [1.29, 1.82) is 0 Å². The Labute approximate surface area is 148 Å². The van der Waals surface area contributed by atoms with Crippen molar-refractivity contribution in [3.05, 3.63) is 35.9 Å². The largest absolute Gasteiger partial charge is 0.371 e. The van der Waals surface area contributed by atoms with Crippen molar-refractivity contribution >= 4 is 23.6 Å². The Balaban J connectivity index is 1.93. The molecule has 1 aliphatic rings. The molecule has 1 aromatic rings. The van der Waals surface area contributed by atoms with Crippen molar-refractivity contribution in [2.45, 2.75) is 45.1 Å². The summed E-state index contributed by atoms with van der Waals surface area (Å²) < 4.78 is 0. The third-order valence-electron chi connectivity index (χ3n) is 4.42. The van der Waals surface area contributed by atoms with Gasteiger partial charge in [0.1, 0.15) is 0 Å². The monoisotopic (exact) mass is 345 g/mol. The van der Waals surface area contributed by atoms with Crippen molar-refractivity contribution in [2.24, 2.45) is 0 Å². The van der Waals surface area contributed by atoms with E-state index in [4.69, 9.17) is 5.21 Å². The molecule has 0 atom stereocenters. The number of para-hydroxylation sites is 1. The van der Waals surface area contributed by atoms with E-state index in [1.165, 1.54) is 6.08 Å². The highest BCUT2D eigenvalue weighted by molar-refractivity contribution is 5.91. The van der Waals surface area contributed by atoms with Gasteiger partial charge in [0.15, 0.2) is 0 Å². The van der Waals surface area contributed by atoms with Crippen LogP contribution in [0.15, 0.2) is 30.3 Å². The minimum Gasteiger partial charge on any atom is -0.371 e. The van der Waals surface area contributed by atoms with Gasteiger partial charge in [-0.05, 0) is 37.0 Å². The van der Waals surface area contributed by atoms with Crippen LogP contribution in [-0.2, 0) is 9.59 Å². The van der Waals surface area contributed by atoms with E-state index < -0.39 is 5.91 Å². The average Bonchev–Trinajstić information content (AvgIpc) is 2.65. The van der Waals surface area contributed by atoms with Gasteiger partial charge < -0.3 is 10.2 Å². The van der Waals surface area contributed by atoms with Crippen LogP contribution < -0.4 is 15.7 Å². The minimum absolute atomic E-state index is 0.152. The molecule has 6 heteroatoms. The maximum atomic E-state index is 11.9. The summed E-state index contributed by atoms with van der Waals surface area (Å²) in [5.41, 5.74) is 3.58. The van der Waals surface area contributed by atoms with Crippen LogP contribution >= 0.6 is 0 Å². The quantitative estimate of drug-likeness (QED) is 0.403. The highest BCUT2D eigenvalue weighted by atomic mass is 16.5. The number of nitrogens with zero attached hydrogens (tertiary/aromatic N) is 1. The number of benzene rings is 1. The Hall–Kier alpha value is -2.34. The molecule has 0 radical (unpaired) electrons. The van der Waals surface area contributed by atoms with Crippen LogP contribution in [0.1, 0.15) is 44.6 Å². The molecule has 0 spiro atoms. The molecule has 6 nitrogen and oxygen atoms in total. The first-order chi connectivity index (χ1) is 12.1. The smallest absolute Gasteiger partial charge is 0.267 e. The Morgan fingerprint density at radius 1 is 1.28 bits per heavy atom. The third-order valence-corrected chi connectivity index (χ3v) is 4.42. The van der Waals surface area contributed by atoms with Crippen LogP contribution in [0, 0.1) is 0 Å². The highest BCUT2D eigenvalue weighted by Crippen LogP contribution is 2.25. The van der Waals surface area contributed by atoms with Gasteiger partial charge in [-0.3, -0.25) is 14.8 Å². The Morgan fingerprint density at radius 3 is 2.68 bits per heavy atom. The molecular formula is C19H27N3O3. The number of carbonyl (C=O) groups is 2. The van der Waals surface area contributed by atoms with Crippen LogP contribution in [0.2, 0.25) is 0 Å². The Kier molecular flexibility index (Phi) is 7.47. The van der Waals surface area contributed by atoms with E-state index in [-0.39, 0.29) is 11.9 Å². The van der Waals surface area contributed by atoms with Crippen molar-refractivity contribution in [3.63, 3.8) is 0 Å². The summed E-state index contributed by atoms with van der Waals surface area (Å²) in [6, 6.07) is 8.09. The Bertz CT molecular complexity index is 608. The summed E-state index contributed by atoms with van der Waals surface area (Å²) in [7, 11) is 0. The second-order valence-electron chi connectivity index (χ2n) is 6.30. The molecule has 0 aliphatic carbocycles. The van der Waals surface area contributed by atoms with Crippen molar-refractivity contribution < 1.29 is 14.8 Å². The molecule has 0 unspecified atom stereocenters. The zero-order valence-electron chi connectivity index (χ0n) is 14.7. The summed E-state index contributed by atoms with van der Waals surface area (Å²) in [4.78, 5) is 25.3. The third kappa shape index (κ3) is 5.90. The maximum absolute atomic E-state index is 11.9. The van der Waals surface area contributed by atoms with Gasteiger partial charge in [-0.1, -0.05) is 31.5 Å². The highest BCUT2D eigenvalue weighted by Gasteiger charge is 2.21. The molecule has 1 saturated heterocycles. The van der Waals surface area contributed by atoms with E-state index in [0.29, 0.717) is 6.42 Å². The number of carbonyl (C=O) groups excluding carboxylic acids is 2. The summed E-state index contributed by atoms with van der Waals surface area (Å²) in [6.45, 7) is 3.80. The van der Waals surface area contributed by atoms with E-state index >= 15 is 0 Å². The van der Waals surface area contributed by atoms with Crippen molar-refractivity contribution in [1.82, 2.24) is 10.8 Å². The number of unbranched alkanes of at least 4 members (excludes halogenated alkanes) is 1. The van der Waals surface area contributed by atoms with E-state index in [2.05, 4.69) is 17.1 Å². The number of nitrogens with one attached hydrogen (secondary N) is 2. The molecule has 1 heterocycles. The number of anilines is 1. The topological polar surface area (TPSA) is 81.7 Å². The minimum atomic E-state index is -0.552. The first-order valence-electron chi connectivity index (χ1n) is 8.89. The van der Waals surface area contributed by atoms with Crippen LogP contribution in [0.3, 0.4) is 0 Å². The van der Waals surface area contributed by atoms with E-state index in [1.807, 2.05) is 24.3 Å². The molecule has 0 bridgehead atoms. The van der Waals surface area contributed by atoms with Crippen molar-refractivity contribution in [2.75, 3.05) is 18.0 Å². The van der Waals surface area contributed by atoms with Crippen molar-refractivity contribution in [3.8, 4) is 0 Å². The van der Waals surface area contributed by atoms with Gasteiger partial charge in [-0.2, -0.15) is 0 Å². The normalized spacial score (nSPS) is 15.4. The van der Waals surface area contributed by atoms with Crippen LogP contribution in [-0.4, -0.2) is 36.2 Å². The number of hydrogen-bond donors (Lipinski definition) is 3. The lowest BCUT2D eigenvalue weighted by Crippen LogP contribution is -2.44. The second-order valence-corrected chi connectivity index (χ2v) is 6.30. The van der Waals surface area contributed by atoms with E-state index in [9.17, 15) is 9.59 Å². The molecule has 2 amide bonds. The zero-order valence-corrected chi connectivity index (χ0v) is 14.7. The predicted molar refractivity (Wildman–Crippen MR) is 98.3 cm³/mol. The van der Waals surface area contributed by atoms with Crippen LogP contribution in [0.25, 0.3) is 6.08 Å². The number of amides is 2. The standard InChI is InChI=1S/C19H27N3O3/c1-2-3-8-18(23)20-16-11-13-22(14-12-16)17-7-5-4-6-15(17)9-10-19(24)21-25/h4-7,9-10,16,25H,2-3,8,11-14H2,1H3,(H,20,23)(H,21,24). The fraction of sp³-hybridized carbons (Fsp3) is 0.474. The summed E-state index contributed by atoms with van der Waals surface area (Å²) >= 11 is 0. The first-order valence-corrected chi connectivity index (χ1v) is 8.89. The van der Waals surface area contributed by atoms with Gasteiger partial charge in [-0.15, -0.1) is 0 Å². The van der Waals surface area contributed by atoms with Gasteiger partial charge in [0.2, 0.25) is 5.91 Å². The fourth-order valence-electron chi connectivity index (χ4n) is 3.02. The summed E-state index contributed by atoms with van der Waals surface area (Å²) in [5, 5.41) is 11.7. The molecule has 3 N–H and O–H groups in total. The number of hydrogen-bond acceptors (Lipinski definition) is 4. The summed E-state index contributed by atoms with van der Waals surface area (Å²) in [6.07, 6.45) is 7.40. The molecule has 1 fully saturated rings. The predicted octanol–water partition coefficient (Wildman–Crippen LogP) is 2.48. The number of piperidine rings is 1. The van der Waals surface area contributed by atoms with Gasteiger partial charge in [0, 0.05) is 37.3 Å². The van der Waals surface area contributed by atoms with Gasteiger partial charge in [0.25, 0.3) is 5.91 Å². The maximum Gasteiger partial charge on any atom is 0.267 e. The molecule has 2 rings (SSSR count).